The number of hydrogen-bond donors (Lipinski definition) is 0. The van der Waals surface area contributed by atoms with Crippen molar-refractivity contribution in [3.8, 4) is 22.5 Å². The normalized spacial score (nSPS) is 9.88. The van der Waals surface area contributed by atoms with Crippen LogP contribution in [-0.4, -0.2) is 22.9 Å². The molecule has 162 valence electrons. The van der Waals surface area contributed by atoms with Crippen LogP contribution in [0.4, 0.5) is 0 Å². The maximum absolute atomic E-state index is 10.9. The minimum Gasteiger partial charge on any atom is -0.545 e. The van der Waals surface area contributed by atoms with Crippen LogP contribution in [0.15, 0.2) is 97.6 Å². The number of benzene rings is 2. The van der Waals surface area contributed by atoms with Crippen LogP contribution < -0.4 is 19.3 Å². The average molecular weight is 432 g/mol. The maximum Gasteiger partial charge on any atom is 0.210 e. The molecule has 0 aliphatic carbocycles. The number of hydrogen-bond acceptors (Lipinski definition) is 4. The van der Waals surface area contributed by atoms with Gasteiger partial charge < -0.3 is 30.8 Å². The van der Waals surface area contributed by atoms with Crippen LogP contribution in [0.25, 0.3) is 22.5 Å². The molecule has 0 amide bonds. The second-order valence-corrected chi connectivity index (χ2v) is 6.66. The van der Waals surface area contributed by atoms with E-state index in [1.54, 1.807) is 24.3 Å². The van der Waals surface area contributed by atoms with Crippen molar-refractivity contribution in [2.75, 3.05) is 0 Å². The van der Waals surface area contributed by atoms with Gasteiger partial charge in [0.2, 0.25) is 11.4 Å². The highest BCUT2D eigenvalue weighted by atomic mass is 16.4. The Morgan fingerprint density at radius 3 is 1.03 bits per heavy atom. The first-order valence-electron chi connectivity index (χ1n) is 9.18. The summed E-state index contributed by atoms with van der Waals surface area (Å²) in [4.78, 5) is 21.7. The minimum atomic E-state index is -1.20. The van der Waals surface area contributed by atoms with E-state index in [2.05, 4.69) is 0 Å². The Labute approximate surface area is 183 Å². The molecule has 8 nitrogen and oxygen atoms in total. The number of carbonyl (C=O) groups excluding carboxylic acids is 2. The highest BCUT2D eigenvalue weighted by molar-refractivity contribution is 5.86. The summed E-state index contributed by atoms with van der Waals surface area (Å²) in [5.74, 6) is -2.39. The lowest BCUT2D eigenvalue weighted by molar-refractivity contribution is -0.596. The predicted octanol–water partition coefficient (Wildman–Crippen LogP) is -1.02. The van der Waals surface area contributed by atoms with E-state index in [9.17, 15) is 19.8 Å². The first-order chi connectivity index (χ1) is 14.5. The number of pyridine rings is 2. The van der Waals surface area contributed by atoms with E-state index >= 15 is 0 Å². The van der Waals surface area contributed by atoms with Crippen molar-refractivity contribution in [3.63, 3.8) is 0 Å². The molecule has 0 atom stereocenters. The van der Waals surface area contributed by atoms with E-state index < -0.39 is 11.9 Å². The molecule has 0 radical (unpaired) electrons. The summed E-state index contributed by atoms with van der Waals surface area (Å²) in [7, 11) is 0. The number of nitrogens with zero attached hydrogens (tertiary/aromatic N) is 2. The van der Waals surface area contributed by atoms with Crippen molar-refractivity contribution in [2.24, 2.45) is 0 Å². The number of carboxylic acid groups (broad SMARTS) is 2. The van der Waals surface area contributed by atoms with Crippen molar-refractivity contribution in [2.45, 2.75) is 0 Å². The van der Waals surface area contributed by atoms with E-state index in [0.717, 1.165) is 22.5 Å². The first-order valence-corrected chi connectivity index (χ1v) is 9.18. The van der Waals surface area contributed by atoms with Gasteiger partial charge in [-0.25, -0.2) is 0 Å². The Morgan fingerprint density at radius 2 is 0.781 bits per heavy atom. The van der Waals surface area contributed by atoms with Gasteiger partial charge in [0, 0.05) is 48.5 Å². The highest BCUT2D eigenvalue weighted by Crippen LogP contribution is 2.17. The molecule has 0 aliphatic heterocycles. The summed E-state index contributed by atoms with van der Waals surface area (Å²) in [6.07, 6.45) is 7.62. The average Bonchev–Trinajstić information content (AvgIpc) is 2.79. The zero-order valence-electron chi connectivity index (χ0n) is 16.8. The van der Waals surface area contributed by atoms with Gasteiger partial charge in [0.05, 0.1) is 11.9 Å². The van der Waals surface area contributed by atoms with Crippen LogP contribution in [0.3, 0.4) is 0 Å². The third-order valence-electron chi connectivity index (χ3n) is 4.79. The molecular formula is C24H20N2O6. The van der Waals surface area contributed by atoms with Gasteiger partial charge in [0.25, 0.3) is 0 Å². The molecule has 2 heterocycles. The van der Waals surface area contributed by atoms with Crippen molar-refractivity contribution in [1.29, 1.82) is 0 Å². The van der Waals surface area contributed by atoms with E-state index in [0.29, 0.717) is 0 Å². The molecule has 0 saturated carbocycles. The lowest BCUT2D eigenvalue weighted by Gasteiger charge is -2.04. The smallest absolute Gasteiger partial charge is 0.210 e. The molecule has 0 fully saturated rings. The Bertz CT molecular complexity index is 1100. The van der Waals surface area contributed by atoms with Gasteiger partial charge in [-0.1, -0.05) is 0 Å². The third-order valence-corrected chi connectivity index (χ3v) is 4.79. The maximum atomic E-state index is 10.9. The largest absolute Gasteiger partial charge is 0.545 e. The van der Waals surface area contributed by atoms with Crippen LogP contribution in [-0.2, 0) is 0 Å². The third kappa shape index (κ3) is 5.01. The molecule has 0 aliphatic rings. The van der Waals surface area contributed by atoms with Crippen LogP contribution >= 0.6 is 0 Å². The van der Waals surface area contributed by atoms with Crippen molar-refractivity contribution >= 4 is 11.9 Å². The highest BCUT2D eigenvalue weighted by Gasteiger charge is 2.10. The zero-order valence-corrected chi connectivity index (χ0v) is 16.8. The summed E-state index contributed by atoms with van der Waals surface area (Å²) in [5.41, 5.74) is 4.02. The molecule has 4 rings (SSSR count). The second kappa shape index (κ2) is 10.1. The van der Waals surface area contributed by atoms with Crippen LogP contribution in [0.2, 0.25) is 0 Å². The Morgan fingerprint density at radius 1 is 0.500 bits per heavy atom. The Balaban J connectivity index is 0.00000181. The number of carboxylic acids is 2. The monoisotopic (exact) mass is 432 g/mol. The standard InChI is InChI=1S/C24H16N2O4.2H2O/c27-23(28)19-1-5-21(6-2-19)25-13-9-17(10-14-25)18-11-15-26(16-12-18)22-7-3-20(4-8-22)24(29)30;;/h1-16H;2*1H2. The molecular weight excluding hydrogens is 412 g/mol. The fourth-order valence-electron chi connectivity index (χ4n) is 3.12. The Kier molecular flexibility index (Phi) is 7.52. The molecule has 2 aromatic heterocycles. The molecule has 32 heavy (non-hydrogen) atoms. The molecule has 2 aromatic carbocycles. The lowest BCUT2D eigenvalue weighted by atomic mass is 10.1. The van der Waals surface area contributed by atoms with Gasteiger partial charge in [-0.2, -0.15) is 9.13 Å². The van der Waals surface area contributed by atoms with E-state index in [1.807, 2.05) is 58.2 Å². The van der Waals surface area contributed by atoms with E-state index in [4.69, 9.17) is 0 Å². The number of aromatic carboxylic acids is 2. The van der Waals surface area contributed by atoms with Gasteiger partial charge in [-0.05, 0) is 46.5 Å². The summed E-state index contributed by atoms with van der Waals surface area (Å²) < 4.78 is 3.79. The fraction of sp³-hybridized carbons (Fsp3) is 0. The van der Waals surface area contributed by atoms with Crippen molar-refractivity contribution in [1.82, 2.24) is 0 Å². The van der Waals surface area contributed by atoms with Gasteiger partial charge in [-0.3, -0.25) is 0 Å². The Hall–Kier alpha value is -4.40. The summed E-state index contributed by atoms with van der Waals surface area (Å²) in [5, 5.41) is 21.7. The molecule has 4 N–H and O–H groups in total. The second-order valence-electron chi connectivity index (χ2n) is 6.66. The molecule has 4 aromatic rings. The van der Waals surface area contributed by atoms with Gasteiger partial charge in [0.15, 0.2) is 24.8 Å². The quantitative estimate of drug-likeness (QED) is 0.371. The lowest BCUT2D eigenvalue weighted by Crippen LogP contribution is -2.30. The predicted molar refractivity (Wildman–Crippen MR) is 111 cm³/mol. The number of aromatic nitrogens is 2. The molecule has 0 bridgehead atoms. The number of rotatable bonds is 5. The summed E-state index contributed by atoms with van der Waals surface area (Å²) in [6.45, 7) is 0. The first kappa shape index (κ1) is 23.9. The molecule has 8 heteroatoms. The van der Waals surface area contributed by atoms with Gasteiger partial charge in [0.1, 0.15) is 0 Å². The van der Waals surface area contributed by atoms with E-state index in [1.165, 1.54) is 24.3 Å². The fourth-order valence-corrected chi connectivity index (χ4v) is 3.12. The molecule has 0 saturated heterocycles. The van der Waals surface area contributed by atoms with Crippen molar-refractivity contribution < 1.29 is 39.9 Å². The topological polar surface area (TPSA) is 151 Å². The van der Waals surface area contributed by atoms with Gasteiger partial charge >= 0.3 is 0 Å². The van der Waals surface area contributed by atoms with Crippen LogP contribution in [0, 0.1) is 0 Å². The van der Waals surface area contributed by atoms with Gasteiger partial charge in [-0.15, -0.1) is 0 Å². The summed E-state index contributed by atoms with van der Waals surface area (Å²) >= 11 is 0. The van der Waals surface area contributed by atoms with Crippen LogP contribution in [0.1, 0.15) is 20.7 Å². The minimum absolute atomic E-state index is 0. The van der Waals surface area contributed by atoms with E-state index in [-0.39, 0.29) is 22.1 Å². The zero-order chi connectivity index (χ0) is 21.1. The summed E-state index contributed by atoms with van der Waals surface area (Å²) in [6, 6.07) is 20.8. The SMILES string of the molecule is O.O.O=C([O-])c1ccc(-[n+]2ccc(-c3cc[n+](-c4ccc(C(=O)[O-])cc4)cc3)cc2)cc1. The van der Waals surface area contributed by atoms with Crippen molar-refractivity contribution in [3.05, 3.63) is 109 Å². The van der Waals surface area contributed by atoms with Crippen LogP contribution in [0.5, 0.6) is 0 Å². The number of carbonyl (C=O) groups is 2. The molecule has 0 unspecified atom stereocenters. The molecule has 0 spiro atoms.